The number of carbonyl (C=O) groups excluding carboxylic acids is 1. The van der Waals surface area contributed by atoms with Gasteiger partial charge in [-0.15, -0.1) is 5.10 Å². The molecule has 8 nitrogen and oxygen atoms in total. The predicted molar refractivity (Wildman–Crippen MR) is 89.5 cm³/mol. The van der Waals surface area contributed by atoms with Crippen molar-refractivity contribution in [1.82, 2.24) is 14.2 Å². The van der Waals surface area contributed by atoms with Crippen molar-refractivity contribution in [3.63, 3.8) is 0 Å². The van der Waals surface area contributed by atoms with Crippen LogP contribution >= 0.6 is 0 Å². The van der Waals surface area contributed by atoms with E-state index >= 15 is 0 Å². The molecule has 124 valence electrons. The van der Waals surface area contributed by atoms with Crippen LogP contribution in [0, 0.1) is 0 Å². The molecule has 0 spiro atoms. The first-order valence-corrected chi connectivity index (χ1v) is 7.36. The molecule has 8 heteroatoms. The number of rotatable bonds is 6. The minimum Gasteiger partial charge on any atom is -0.495 e. The van der Waals surface area contributed by atoms with E-state index in [9.17, 15) is 9.59 Å². The molecule has 2 heterocycles. The average Bonchev–Trinajstić information content (AvgIpc) is 2.91. The maximum atomic E-state index is 12.2. The number of nitrogens with zero attached hydrogens (tertiary/aromatic N) is 3. The molecule has 1 aromatic carbocycles. The maximum absolute atomic E-state index is 12.2. The Kier molecular flexibility index (Phi) is 4.19. The number of nitrogens with two attached hydrogens (primary N) is 1. The number of aromatic nitrogens is 3. The van der Waals surface area contributed by atoms with Crippen molar-refractivity contribution in [3.05, 3.63) is 58.6 Å². The fraction of sp³-hybridized carbons (Fsp3) is 0.188. The molecule has 0 saturated heterocycles. The molecule has 0 bridgehead atoms. The van der Waals surface area contributed by atoms with Crippen LogP contribution in [0.2, 0.25) is 0 Å². The van der Waals surface area contributed by atoms with Crippen molar-refractivity contribution in [2.45, 2.75) is 6.54 Å². The first-order chi connectivity index (χ1) is 11.6. The lowest BCUT2D eigenvalue weighted by molar-refractivity contribution is 0.100. The van der Waals surface area contributed by atoms with Crippen molar-refractivity contribution in [2.75, 3.05) is 19.0 Å². The summed E-state index contributed by atoms with van der Waals surface area (Å²) in [5.41, 5.74) is 6.69. The summed E-state index contributed by atoms with van der Waals surface area (Å²) >= 11 is 0. The molecule has 0 saturated carbocycles. The Morgan fingerprint density at radius 1 is 1.33 bits per heavy atom. The first-order valence-electron chi connectivity index (χ1n) is 7.36. The first kappa shape index (κ1) is 15.6. The number of fused-ring (bicyclic) bond motifs is 1. The summed E-state index contributed by atoms with van der Waals surface area (Å²) in [5.74, 6) is 0.0691. The Morgan fingerprint density at radius 3 is 2.88 bits per heavy atom. The number of nitrogens with one attached hydrogen (secondary N) is 1. The van der Waals surface area contributed by atoms with Gasteiger partial charge in [0.15, 0.2) is 5.65 Å². The zero-order valence-electron chi connectivity index (χ0n) is 13.1. The number of hydrogen-bond acceptors (Lipinski definition) is 5. The minimum atomic E-state index is -0.516. The number of methoxy groups -OCH3 is 1. The van der Waals surface area contributed by atoms with Gasteiger partial charge in [0.25, 0.3) is 0 Å². The second kappa shape index (κ2) is 6.45. The molecule has 2 aromatic heterocycles. The molecule has 3 aromatic rings. The van der Waals surface area contributed by atoms with Gasteiger partial charge in [-0.3, -0.25) is 9.20 Å². The lowest BCUT2D eigenvalue weighted by Gasteiger charge is -2.11. The Hall–Kier alpha value is -3.29. The second-order valence-corrected chi connectivity index (χ2v) is 5.14. The van der Waals surface area contributed by atoms with Gasteiger partial charge in [-0.25, -0.2) is 9.48 Å². The summed E-state index contributed by atoms with van der Waals surface area (Å²) in [7, 11) is 1.54. The van der Waals surface area contributed by atoms with Crippen molar-refractivity contribution in [2.24, 2.45) is 5.73 Å². The lowest BCUT2D eigenvalue weighted by Crippen LogP contribution is -2.24. The van der Waals surface area contributed by atoms with Crippen LogP contribution < -0.4 is 21.5 Å². The number of ether oxygens (including phenoxy) is 1. The van der Waals surface area contributed by atoms with E-state index in [-0.39, 0.29) is 5.69 Å². The molecule has 0 aliphatic heterocycles. The zero-order valence-corrected chi connectivity index (χ0v) is 13.1. The Morgan fingerprint density at radius 2 is 2.17 bits per heavy atom. The van der Waals surface area contributed by atoms with Gasteiger partial charge in [0, 0.05) is 18.3 Å². The topological polar surface area (TPSA) is 104 Å². The molecule has 0 atom stereocenters. The third kappa shape index (κ3) is 2.94. The van der Waals surface area contributed by atoms with E-state index in [4.69, 9.17) is 10.5 Å². The lowest BCUT2D eigenvalue weighted by atomic mass is 10.1. The standard InChI is InChI=1S/C16H17N5O3/c1-24-13-6-5-11(15(17)22)10-12(13)18-7-9-21-16(23)20-8-3-2-4-14(20)19-21/h2-6,8,10,18H,7,9H2,1H3,(H2,17,22). The molecule has 3 N–H and O–H groups in total. The summed E-state index contributed by atoms with van der Waals surface area (Å²) in [4.78, 5) is 23.5. The Labute approximate surface area is 137 Å². The van der Waals surface area contributed by atoms with Crippen LogP contribution in [0.25, 0.3) is 5.65 Å². The van der Waals surface area contributed by atoms with Gasteiger partial charge in [-0.2, -0.15) is 0 Å². The average molecular weight is 327 g/mol. The molecule has 0 radical (unpaired) electrons. The van der Waals surface area contributed by atoms with Crippen molar-refractivity contribution in [1.29, 1.82) is 0 Å². The fourth-order valence-electron chi connectivity index (χ4n) is 2.41. The molecule has 3 rings (SSSR count). The monoisotopic (exact) mass is 327 g/mol. The van der Waals surface area contributed by atoms with Crippen LogP contribution in [0.15, 0.2) is 47.4 Å². The number of primary amides is 1. The highest BCUT2D eigenvalue weighted by Crippen LogP contribution is 2.25. The highest BCUT2D eigenvalue weighted by atomic mass is 16.5. The predicted octanol–water partition coefficient (Wildman–Crippen LogP) is 0.716. The smallest absolute Gasteiger partial charge is 0.350 e. The van der Waals surface area contributed by atoms with Crippen molar-refractivity contribution >= 4 is 17.2 Å². The van der Waals surface area contributed by atoms with Crippen LogP contribution in [-0.2, 0) is 6.54 Å². The minimum absolute atomic E-state index is 0.203. The van der Waals surface area contributed by atoms with Gasteiger partial charge in [0.2, 0.25) is 5.91 Å². The maximum Gasteiger partial charge on any atom is 0.350 e. The van der Waals surface area contributed by atoms with E-state index in [1.54, 1.807) is 36.5 Å². The van der Waals surface area contributed by atoms with E-state index in [0.717, 1.165) is 0 Å². The quantitative estimate of drug-likeness (QED) is 0.694. The molecule has 1 amide bonds. The van der Waals surface area contributed by atoms with Crippen molar-refractivity contribution in [3.8, 4) is 5.75 Å². The fourth-order valence-corrected chi connectivity index (χ4v) is 2.41. The summed E-state index contributed by atoms with van der Waals surface area (Å²) < 4.78 is 8.11. The zero-order chi connectivity index (χ0) is 17.1. The van der Waals surface area contributed by atoms with Crippen LogP contribution in [0.4, 0.5) is 5.69 Å². The summed E-state index contributed by atoms with van der Waals surface area (Å²) in [5, 5.41) is 7.39. The van der Waals surface area contributed by atoms with Gasteiger partial charge in [0.1, 0.15) is 5.75 Å². The summed E-state index contributed by atoms with van der Waals surface area (Å²) in [6, 6.07) is 10.3. The molecule has 0 aliphatic rings. The second-order valence-electron chi connectivity index (χ2n) is 5.14. The highest BCUT2D eigenvalue weighted by Gasteiger charge is 2.09. The van der Waals surface area contributed by atoms with Crippen LogP contribution in [0.3, 0.4) is 0 Å². The molecular formula is C16H17N5O3. The Bertz CT molecular complexity index is 944. The van der Waals surface area contributed by atoms with E-state index < -0.39 is 5.91 Å². The molecular weight excluding hydrogens is 310 g/mol. The number of amides is 1. The number of anilines is 1. The van der Waals surface area contributed by atoms with Gasteiger partial charge in [0.05, 0.1) is 19.3 Å². The van der Waals surface area contributed by atoms with Crippen molar-refractivity contribution < 1.29 is 9.53 Å². The third-order valence-corrected chi connectivity index (χ3v) is 3.61. The third-order valence-electron chi connectivity index (χ3n) is 3.61. The van der Waals surface area contributed by atoms with Crippen LogP contribution in [0.1, 0.15) is 10.4 Å². The highest BCUT2D eigenvalue weighted by molar-refractivity contribution is 5.94. The molecule has 0 fully saturated rings. The number of hydrogen-bond donors (Lipinski definition) is 2. The molecule has 0 unspecified atom stereocenters. The van der Waals surface area contributed by atoms with Gasteiger partial charge in [-0.05, 0) is 30.3 Å². The number of benzene rings is 1. The normalized spacial score (nSPS) is 10.7. The van der Waals surface area contributed by atoms with E-state index in [2.05, 4.69) is 10.4 Å². The van der Waals surface area contributed by atoms with E-state index in [1.807, 2.05) is 6.07 Å². The Balaban J connectivity index is 1.76. The number of pyridine rings is 1. The van der Waals surface area contributed by atoms with Crippen LogP contribution in [-0.4, -0.2) is 33.7 Å². The number of carbonyl (C=O) groups is 1. The summed E-state index contributed by atoms with van der Waals surface area (Å²) in [6.07, 6.45) is 1.67. The summed E-state index contributed by atoms with van der Waals surface area (Å²) in [6.45, 7) is 0.798. The van der Waals surface area contributed by atoms with Gasteiger partial charge < -0.3 is 15.8 Å². The van der Waals surface area contributed by atoms with Crippen LogP contribution in [0.5, 0.6) is 5.75 Å². The largest absolute Gasteiger partial charge is 0.495 e. The van der Waals surface area contributed by atoms with E-state index in [0.29, 0.717) is 35.7 Å². The molecule has 24 heavy (non-hydrogen) atoms. The molecule has 0 aliphatic carbocycles. The van der Waals surface area contributed by atoms with Gasteiger partial charge in [-0.1, -0.05) is 6.07 Å². The van der Waals surface area contributed by atoms with Gasteiger partial charge >= 0.3 is 5.69 Å². The SMILES string of the molecule is COc1ccc(C(N)=O)cc1NCCn1nc2ccccn2c1=O. The van der Waals surface area contributed by atoms with E-state index in [1.165, 1.54) is 16.2 Å².